The maximum absolute atomic E-state index is 7.50. The van der Waals surface area contributed by atoms with E-state index < -0.39 is 0 Å². The summed E-state index contributed by atoms with van der Waals surface area (Å²) in [5.41, 5.74) is 0. The van der Waals surface area contributed by atoms with Crippen LogP contribution in [-0.4, -0.2) is 0 Å². The number of rotatable bonds is 0. The van der Waals surface area contributed by atoms with Crippen LogP contribution in [-0.2, 0) is 40.3 Å². The van der Waals surface area contributed by atoms with E-state index in [0.717, 1.165) is 0 Å². The van der Waals surface area contributed by atoms with Crippen molar-refractivity contribution in [3.8, 4) is 0 Å². The van der Waals surface area contributed by atoms with Crippen LogP contribution in [0.2, 0.25) is 0 Å². The first-order chi connectivity index (χ1) is 6.41. The molecule has 0 aromatic rings. The average Bonchev–Trinajstić information content (AvgIpc) is 2.32. The van der Waals surface area contributed by atoms with Crippen molar-refractivity contribution in [3.63, 3.8) is 0 Å². The molecular formula is C8H5MnO5-. The van der Waals surface area contributed by atoms with Gasteiger partial charge in [-0.1, -0.05) is 0 Å². The van der Waals surface area contributed by atoms with Crippen LogP contribution < -0.4 is 0 Å². The molecule has 0 heterocycles. The quantitative estimate of drug-likeness (QED) is 0.337. The molecule has 5 nitrogen and oxygen atoms in total. The van der Waals surface area contributed by atoms with E-state index in [4.69, 9.17) is 23.3 Å². The molecule has 0 aliphatic heterocycles. The first-order valence-corrected chi connectivity index (χ1v) is 1.84. The van der Waals surface area contributed by atoms with Crippen LogP contribution in [0, 0.1) is 40.2 Å². The van der Waals surface area contributed by atoms with Crippen LogP contribution in [0.15, 0.2) is 12.7 Å². The number of hydrogen-bond donors (Lipinski definition) is 0. The van der Waals surface area contributed by atoms with Crippen molar-refractivity contribution in [2.45, 2.75) is 0 Å². The molecule has 0 fully saturated rings. The van der Waals surface area contributed by atoms with Gasteiger partial charge in [0.1, 0.15) is 0 Å². The molecule has 0 spiro atoms. The second-order valence-corrected chi connectivity index (χ2v) is 0.289. The Morgan fingerprint density at radius 1 is 0.714 bits per heavy atom. The Hall–Kier alpha value is -1.17. The fourth-order valence-electron chi connectivity index (χ4n) is 0. The second-order valence-electron chi connectivity index (χ2n) is 0.289. The van der Waals surface area contributed by atoms with Gasteiger partial charge in [-0.25, -0.2) is 19.6 Å². The average molecular weight is 236 g/mol. The van der Waals surface area contributed by atoms with E-state index in [2.05, 4.69) is 46.8 Å². The standard InChI is InChI=1S/C3H5.5CO.Mn/c1-3-2;5*1-2;/h3H,1-2H2;;;;;;/q-1;;;;;;. The number of allylic oxidation sites excluding steroid dienone is 1. The number of hydrogen-bond acceptors (Lipinski definition) is 0. The Kier molecular flexibility index (Phi) is 180000. The normalized spacial score (nSPS) is 1.57. The van der Waals surface area contributed by atoms with Crippen molar-refractivity contribution in [2.75, 3.05) is 0 Å². The van der Waals surface area contributed by atoms with Gasteiger partial charge in [0.25, 0.3) is 0 Å². The molecule has 0 aromatic carbocycles. The van der Waals surface area contributed by atoms with Gasteiger partial charge in [-0.15, -0.1) is 0 Å². The molecule has 0 aliphatic rings. The summed E-state index contributed by atoms with van der Waals surface area (Å²) in [4.78, 5) is 0. The Morgan fingerprint density at radius 3 is 0.714 bits per heavy atom. The predicted molar refractivity (Wildman–Crippen MR) is 35.2 cm³/mol. The minimum Gasteiger partial charge on any atom is 0 e. The third-order valence-corrected chi connectivity index (χ3v) is 0. The Morgan fingerprint density at radius 2 is 0.714 bits per heavy atom. The largest absolute Gasteiger partial charge is 0 e. The minimum atomic E-state index is 0. The summed E-state index contributed by atoms with van der Waals surface area (Å²) in [5.74, 6) is 0. The van der Waals surface area contributed by atoms with Crippen molar-refractivity contribution >= 4 is 0 Å². The summed E-state index contributed by atoms with van der Waals surface area (Å²) in [5, 5.41) is 0. The van der Waals surface area contributed by atoms with Gasteiger partial charge in [-0.2, -0.15) is 0 Å². The Labute approximate surface area is 93.6 Å². The molecule has 14 heavy (non-hydrogen) atoms. The van der Waals surface area contributed by atoms with E-state index >= 15 is 0 Å². The molecule has 0 bridgehead atoms. The van der Waals surface area contributed by atoms with Crippen molar-refractivity contribution < 1.29 is 40.3 Å². The molecule has 0 unspecified atom stereocenters. The molecule has 0 rings (SSSR count). The Balaban J connectivity index is -0.00000000838. The molecule has 0 saturated heterocycles. The van der Waals surface area contributed by atoms with E-state index in [1.807, 2.05) is 0 Å². The maximum Gasteiger partial charge on any atom is 0 e. The zero-order chi connectivity index (χ0) is 12.7. The minimum absolute atomic E-state index is 0. The summed E-state index contributed by atoms with van der Waals surface area (Å²) >= 11 is 0. The van der Waals surface area contributed by atoms with Crippen LogP contribution >= 0.6 is 0 Å². The van der Waals surface area contributed by atoms with Gasteiger partial charge in [-0.05, 0) is 0 Å². The molecule has 1 radical (unpaired) electrons. The van der Waals surface area contributed by atoms with Gasteiger partial charge in [0.15, 0.2) is 0 Å². The summed E-state index contributed by atoms with van der Waals surface area (Å²) in [7, 11) is 0. The van der Waals surface area contributed by atoms with Gasteiger partial charge >= 0.3 is 56.5 Å². The first kappa shape index (κ1) is 52.8. The molecule has 0 atom stereocenters. The Bertz CT molecular complexity index is 107. The van der Waals surface area contributed by atoms with E-state index in [9.17, 15) is 0 Å². The van der Waals surface area contributed by atoms with Crippen LogP contribution in [0.3, 0.4) is 0 Å². The summed E-state index contributed by atoms with van der Waals surface area (Å²) in [6.07, 6.45) is 1.50. The van der Waals surface area contributed by atoms with Crippen molar-refractivity contribution in [2.24, 2.45) is 0 Å². The van der Waals surface area contributed by atoms with Gasteiger partial charge < -0.3 is 0 Å². The zero-order valence-corrected chi connectivity index (χ0v) is 8.09. The van der Waals surface area contributed by atoms with E-state index in [-0.39, 0.29) is 17.1 Å². The second kappa shape index (κ2) is 47700. The summed E-state index contributed by atoms with van der Waals surface area (Å²) in [6.45, 7) is 29.0. The van der Waals surface area contributed by atoms with Gasteiger partial charge in [-0.3, -0.25) is 0 Å². The molecule has 0 saturated carbocycles. The fraction of sp³-hybridized carbons (Fsp3) is 0. The summed E-state index contributed by atoms with van der Waals surface area (Å²) < 4.78 is 37.5. The van der Waals surface area contributed by atoms with Crippen LogP contribution in [0.1, 0.15) is 0 Å². The topological polar surface area (TPSA) is 99.5 Å². The van der Waals surface area contributed by atoms with Crippen LogP contribution in [0.5, 0.6) is 0 Å². The zero-order valence-electron chi connectivity index (χ0n) is 6.91. The van der Waals surface area contributed by atoms with Gasteiger partial charge in [0.2, 0.25) is 0 Å². The van der Waals surface area contributed by atoms with Crippen LogP contribution in [0.25, 0.3) is 0 Å². The fourth-order valence-corrected chi connectivity index (χ4v) is 0. The molecule has 0 amide bonds. The van der Waals surface area contributed by atoms with Gasteiger partial charge in [0.05, 0.1) is 0 Å². The van der Waals surface area contributed by atoms with Crippen LogP contribution in [0.4, 0.5) is 0 Å². The first-order valence-electron chi connectivity index (χ1n) is 1.84. The van der Waals surface area contributed by atoms with E-state index in [1.165, 1.54) is 6.08 Å². The van der Waals surface area contributed by atoms with Crippen molar-refractivity contribution in [1.29, 1.82) is 0 Å². The third kappa shape index (κ3) is 764. The van der Waals surface area contributed by atoms with Gasteiger partial charge in [0, 0.05) is 17.1 Å². The molecule has 0 aromatic heterocycles. The van der Waals surface area contributed by atoms with E-state index in [0.29, 0.717) is 0 Å². The molecule has 0 N–H and O–H groups in total. The molecule has 0 aliphatic carbocycles. The molecule has 6 heteroatoms. The van der Waals surface area contributed by atoms with Crippen molar-refractivity contribution in [1.82, 2.24) is 0 Å². The molecule has 75 valence electrons. The van der Waals surface area contributed by atoms with E-state index in [1.54, 1.807) is 0 Å². The third-order valence-electron chi connectivity index (χ3n) is 0. The molecular weight excluding hydrogens is 231 g/mol. The summed E-state index contributed by atoms with van der Waals surface area (Å²) in [6, 6.07) is 0. The van der Waals surface area contributed by atoms with Crippen molar-refractivity contribution in [3.05, 3.63) is 52.8 Å². The monoisotopic (exact) mass is 236 g/mol. The maximum atomic E-state index is 7.50. The smallest absolute Gasteiger partial charge is 0 e. The SMILES string of the molecule is C=C[CH2-].[C-]#[O+].[C-]#[O+].[C-]#[O+].[C-]#[O+].[C-]#[O+].[Mn]. The predicted octanol–water partition coefficient (Wildman–Crippen LogP) is 0.816.